The van der Waals surface area contributed by atoms with Gasteiger partial charge in [-0.25, -0.2) is 9.18 Å². The summed E-state index contributed by atoms with van der Waals surface area (Å²) in [5, 5.41) is 5.72. The lowest BCUT2D eigenvalue weighted by Gasteiger charge is -2.24. The summed E-state index contributed by atoms with van der Waals surface area (Å²) in [5.74, 6) is -0.627. The van der Waals surface area contributed by atoms with Crippen LogP contribution < -0.4 is 10.6 Å². The van der Waals surface area contributed by atoms with Crippen molar-refractivity contribution >= 4 is 23.3 Å². The molecule has 2 N–H and O–H groups in total. The van der Waals surface area contributed by atoms with E-state index in [0.29, 0.717) is 18.7 Å². The van der Waals surface area contributed by atoms with Gasteiger partial charge in [-0.2, -0.15) is 0 Å². The molecule has 3 amide bonds. The molecule has 0 radical (unpaired) electrons. The summed E-state index contributed by atoms with van der Waals surface area (Å²) in [6, 6.07) is 10.5. The Bertz CT molecular complexity index is 982. The molecule has 0 spiro atoms. The van der Waals surface area contributed by atoms with Crippen molar-refractivity contribution in [2.75, 3.05) is 44.4 Å². The van der Waals surface area contributed by atoms with Gasteiger partial charge in [-0.05, 0) is 67.4 Å². The van der Waals surface area contributed by atoms with Gasteiger partial charge in [-0.15, -0.1) is 0 Å². The smallest absolute Gasteiger partial charge is 0.322 e. The van der Waals surface area contributed by atoms with Crippen molar-refractivity contribution in [3.8, 4) is 0 Å². The first-order valence-electron chi connectivity index (χ1n) is 10.9. The van der Waals surface area contributed by atoms with Gasteiger partial charge in [-0.1, -0.05) is 6.07 Å². The number of carbonyl (C=O) groups excluding carboxylic acids is 2. The van der Waals surface area contributed by atoms with Crippen molar-refractivity contribution < 1.29 is 18.7 Å². The van der Waals surface area contributed by atoms with Crippen molar-refractivity contribution in [1.82, 2.24) is 9.80 Å². The lowest BCUT2D eigenvalue weighted by molar-refractivity contribution is -0.119. The number of ether oxygens (including phenoxy) is 1. The molecule has 0 unspecified atom stereocenters. The van der Waals surface area contributed by atoms with Crippen LogP contribution in [0.15, 0.2) is 42.5 Å². The molecule has 0 aromatic heterocycles. The first-order chi connectivity index (χ1) is 15.4. The van der Waals surface area contributed by atoms with E-state index in [1.165, 1.54) is 40.3 Å². The standard InChI is InChI=1S/C24H29FN4O3/c1-28-11-9-16-3-6-20(13-17(16)10-12-28)26-23(30)22-14-21(32-2)15-29(22)24(31)27-19-7-4-18(25)5-8-19/h3-8,13,21-22H,9-12,14-15H2,1-2H3,(H,26,30)(H,27,31)/t21-,22-/m1/s1. The average molecular weight is 441 g/mol. The topological polar surface area (TPSA) is 73.9 Å². The summed E-state index contributed by atoms with van der Waals surface area (Å²) in [5.41, 5.74) is 3.76. The van der Waals surface area contributed by atoms with Crippen molar-refractivity contribution in [2.24, 2.45) is 0 Å². The van der Waals surface area contributed by atoms with Crippen LogP contribution in [0, 0.1) is 5.82 Å². The number of nitrogens with one attached hydrogen (secondary N) is 2. The number of hydrogen-bond donors (Lipinski definition) is 2. The van der Waals surface area contributed by atoms with E-state index >= 15 is 0 Å². The number of halogens is 1. The van der Waals surface area contributed by atoms with E-state index < -0.39 is 12.1 Å². The number of fused-ring (bicyclic) bond motifs is 1. The van der Waals surface area contributed by atoms with Gasteiger partial charge in [0.1, 0.15) is 11.9 Å². The highest BCUT2D eigenvalue weighted by atomic mass is 19.1. The van der Waals surface area contributed by atoms with E-state index in [4.69, 9.17) is 4.74 Å². The SMILES string of the molecule is CO[C@@H]1C[C@H](C(=O)Nc2ccc3c(c2)CCN(C)CC3)N(C(=O)Nc2ccc(F)cc2)C1. The lowest BCUT2D eigenvalue weighted by atomic mass is 10.0. The van der Waals surface area contributed by atoms with Crippen LogP contribution in [0.3, 0.4) is 0 Å². The van der Waals surface area contributed by atoms with Crippen LogP contribution in [0.4, 0.5) is 20.6 Å². The van der Waals surface area contributed by atoms with Crippen molar-refractivity contribution in [3.05, 3.63) is 59.4 Å². The number of nitrogens with zero attached hydrogens (tertiary/aromatic N) is 2. The summed E-state index contributed by atoms with van der Waals surface area (Å²) < 4.78 is 18.6. The Balaban J connectivity index is 1.46. The lowest BCUT2D eigenvalue weighted by Crippen LogP contribution is -2.45. The molecule has 2 aliphatic heterocycles. The van der Waals surface area contributed by atoms with Crippen LogP contribution in [0.25, 0.3) is 0 Å². The van der Waals surface area contributed by atoms with E-state index in [0.717, 1.165) is 31.6 Å². The van der Waals surface area contributed by atoms with Crippen LogP contribution in [0.1, 0.15) is 17.5 Å². The highest BCUT2D eigenvalue weighted by Crippen LogP contribution is 2.25. The molecule has 2 aromatic carbocycles. The highest BCUT2D eigenvalue weighted by Gasteiger charge is 2.40. The number of urea groups is 1. The fourth-order valence-electron chi connectivity index (χ4n) is 4.31. The molecular formula is C24H29FN4O3. The number of anilines is 2. The maximum atomic E-state index is 13.1. The zero-order chi connectivity index (χ0) is 22.7. The normalized spacial score (nSPS) is 21.0. The Hall–Kier alpha value is -2.97. The van der Waals surface area contributed by atoms with Gasteiger partial charge >= 0.3 is 6.03 Å². The molecule has 7 nitrogen and oxygen atoms in total. The number of amides is 3. The van der Waals surface area contributed by atoms with Gasteiger partial charge in [0, 0.05) is 44.5 Å². The van der Waals surface area contributed by atoms with Crippen molar-refractivity contribution in [1.29, 1.82) is 0 Å². The number of methoxy groups -OCH3 is 1. The minimum Gasteiger partial charge on any atom is -0.380 e. The molecule has 2 aromatic rings. The van der Waals surface area contributed by atoms with Gasteiger partial charge in [0.15, 0.2) is 0 Å². The Morgan fingerprint density at radius 3 is 2.41 bits per heavy atom. The summed E-state index contributed by atoms with van der Waals surface area (Å²) >= 11 is 0. The van der Waals surface area contributed by atoms with E-state index in [2.05, 4.69) is 28.6 Å². The molecule has 170 valence electrons. The van der Waals surface area contributed by atoms with E-state index in [1.807, 2.05) is 12.1 Å². The third-order valence-electron chi connectivity index (χ3n) is 6.25. The van der Waals surface area contributed by atoms with Crippen LogP contribution in [-0.2, 0) is 22.4 Å². The molecule has 1 saturated heterocycles. The quantitative estimate of drug-likeness (QED) is 0.766. The van der Waals surface area contributed by atoms with E-state index in [-0.39, 0.29) is 17.8 Å². The monoisotopic (exact) mass is 440 g/mol. The second kappa shape index (κ2) is 9.67. The number of rotatable bonds is 4. The second-order valence-electron chi connectivity index (χ2n) is 8.47. The van der Waals surface area contributed by atoms with Gasteiger partial charge < -0.3 is 25.2 Å². The molecule has 0 saturated carbocycles. The number of likely N-dealkylation sites (tertiary alicyclic amines) is 1. The van der Waals surface area contributed by atoms with Gasteiger partial charge in [0.05, 0.1) is 6.10 Å². The first-order valence-corrected chi connectivity index (χ1v) is 10.9. The fraction of sp³-hybridized carbons (Fsp3) is 0.417. The molecule has 2 heterocycles. The number of hydrogen-bond acceptors (Lipinski definition) is 4. The third-order valence-corrected chi connectivity index (χ3v) is 6.25. The van der Waals surface area contributed by atoms with Crippen LogP contribution in [0.2, 0.25) is 0 Å². The van der Waals surface area contributed by atoms with Crippen LogP contribution >= 0.6 is 0 Å². The zero-order valence-corrected chi connectivity index (χ0v) is 18.4. The Morgan fingerprint density at radius 1 is 1.00 bits per heavy atom. The predicted molar refractivity (Wildman–Crippen MR) is 121 cm³/mol. The van der Waals surface area contributed by atoms with Crippen molar-refractivity contribution in [3.63, 3.8) is 0 Å². The molecule has 4 rings (SSSR count). The second-order valence-corrected chi connectivity index (χ2v) is 8.47. The average Bonchev–Trinajstić information content (AvgIpc) is 3.15. The molecule has 0 bridgehead atoms. The zero-order valence-electron chi connectivity index (χ0n) is 18.4. The molecule has 1 fully saturated rings. The molecule has 8 heteroatoms. The first kappa shape index (κ1) is 22.2. The number of benzene rings is 2. The minimum absolute atomic E-state index is 0.229. The van der Waals surface area contributed by atoms with Gasteiger partial charge in [0.2, 0.25) is 5.91 Å². The van der Waals surface area contributed by atoms with E-state index in [9.17, 15) is 14.0 Å². The van der Waals surface area contributed by atoms with Crippen LogP contribution in [-0.4, -0.2) is 67.7 Å². The predicted octanol–water partition coefficient (Wildman–Crippen LogP) is 3.12. The Kier molecular flexibility index (Phi) is 6.72. The number of carbonyl (C=O) groups is 2. The summed E-state index contributed by atoms with van der Waals surface area (Å²) in [4.78, 5) is 29.8. The molecule has 2 aliphatic rings. The third kappa shape index (κ3) is 5.08. The molecule has 2 atom stereocenters. The van der Waals surface area contributed by atoms with Gasteiger partial charge in [0.25, 0.3) is 0 Å². The minimum atomic E-state index is -0.662. The van der Waals surface area contributed by atoms with E-state index in [1.54, 1.807) is 7.11 Å². The molecule has 32 heavy (non-hydrogen) atoms. The summed E-state index contributed by atoms with van der Waals surface area (Å²) in [6.45, 7) is 2.31. The van der Waals surface area contributed by atoms with Crippen molar-refractivity contribution in [2.45, 2.75) is 31.4 Å². The highest BCUT2D eigenvalue weighted by molar-refractivity contribution is 5.99. The van der Waals surface area contributed by atoms with Gasteiger partial charge in [-0.3, -0.25) is 4.79 Å². The largest absolute Gasteiger partial charge is 0.380 e. The van der Waals surface area contributed by atoms with Crippen LogP contribution in [0.5, 0.6) is 0 Å². The molecular weight excluding hydrogens is 411 g/mol. The molecule has 0 aliphatic carbocycles. The maximum Gasteiger partial charge on any atom is 0.322 e. The Labute approximate surface area is 187 Å². The number of likely N-dealkylation sites (N-methyl/N-ethyl adjacent to an activating group) is 1. The summed E-state index contributed by atoms with van der Waals surface area (Å²) in [7, 11) is 3.69. The fourth-order valence-corrected chi connectivity index (χ4v) is 4.31. The summed E-state index contributed by atoms with van der Waals surface area (Å²) in [6.07, 6.45) is 2.12. The maximum absolute atomic E-state index is 13.1. The Morgan fingerprint density at radius 2 is 1.69 bits per heavy atom.